The number of nitrogens with one attached hydrogen (secondary N) is 8. The number of benzene rings is 2. The molecule has 2 aromatic rings. The molecule has 4 amide bonds. The Bertz CT molecular complexity index is 1490. The predicted molar refractivity (Wildman–Crippen MR) is 258 cm³/mol. The van der Waals surface area contributed by atoms with Crippen molar-refractivity contribution >= 4 is 23.6 Å². The number of carbonyl (C=O) groups excluding carboxylic acids is 4. The van der Waals surface area contributed by atoms with Gasteiger partial charge >= 0.3 is 0 Å². The smallest absolute Gasteiger partial charge is 0.237 e. The van der Waals surface area contributed by atoms with E-state index in [0.29, 0.717) is 75.5 Å². The van der Waals surface area contributed by atoms with Crippen LogP contribution < -0.4 is 42.5 Å². The second-order valence-corrected chi connectivity index (χ2v) is 20.9. The maximum Gasteiger partial charge on any atom is 0.237 e. The molecule has 0 radical (unpaired) electrons. The van der Waals surface area contributed by atoms with Gasteiger partial charge in [-0.1, -0.05) is 130 Å². The van der Waals surface area contributed by atoms with Gasteiger partial charge in [0.15, 0.2) is 0 Å². The van der Waals surface area contributed by atoms with Crippen LogP contribution in [0.15, 0.2) is 48.5 Å². The second kappa shape index (κ2) is 25.7. The van der Waals surface area contributed by atoms with Gasteiger partial charge in [-0.3, -0.25) is 19.2 Å². The van der Waals surface area contributed by atoms with Crippen LogP contribution in [0, 0.1) is 23.7 Å². The van der Waals surface area contributed by atoms with Crippen LogP contribution in [0.25, 0.3) is 0 Å². The number of carbonyl (C=O) groups is 4. The van der Waals surface area contributed by atoms with Gasteiger partial charge in [0.05, 0.1) is 24.2 Å². The summed E-state index contributed by atoms with van der Waals surface area (Å²) in [6.07, 6.45) is 10.1. The van der Waals surface area contributed by atoms with E-state index in [1.165, 1.54) is 0 Å². The van der Waals surface area contributed by atoms with Gasteiger partial charge in [0.25, 0.3) is 0 Å². The molecule has 6 aliphatic rings. The van der Waals surface area contributed by atoms with Gasteiger partial charge in [-0.25, -0.2) is 0 Å². The van der Waals surface area contributed by atoms with Gasteiger partial charge in [-0.15, -0.1) is 0 Å². The van der Waals surface area contributed by atoms with Crippen LogP contribution in [0.1, 0.15) is 155 Å². The van der Waals surface area contributed by atoms with E-state index in [4.69, 9.17) is 0 Å². The van der Waals surface area contributed by atoms with Crippen molar-refractivity contribution in [1.82, 2.24) is 42.5 Å². The molecule has 2 aromatic carbocycles. The number of hydrogen-bond donors (Lipinski definition) is 8. The fraction of sp³-hybridized carbons (Fsp3) is 0.692. The van der Waals surface area contributed by atoms with Crippen molar-refractivity contribution in [2.24, 2.45) is 23.7 Å². The van der Waals surface area contributed by atoms with Crippen LogP contribution in [-0.2, 0) is 45.4 Å². The molecular weight excluding hydrogens is 801 g/mol. The van der Waals surface area contributed by atoms with Crippen LogP contribution in [-0.4, -0.2) is 72.0 Å². The van der Waals surface area contributed by atoms with Crippen molar-refractivity contribution in [3.63, 3.8) is 0 Å². The maximum atomic E-state index is 14.0. The third-order valence-electron chi connectivity index (χ3n) is 13.2. The topological polar surface area (TPSA) is 165 Å². The average Bonchev–Trinajstić information content (AvgIpc) is 3.25. The summed E-state index contributed by atoms with van der Waals surface area (Å²) in [5, 5.41) is 27.7. The molecule has 4 aliphatic heterocycles. The largest absolute Gasteiger partial charge is 0.350 e. The summed E-state index contributed by atoms with van der Waals surface area (Å²) in [5.74, 6) is 1.17. The SMILES string of the molecule is CC(C)CC1NCc2ccc(cc2)CNC(CC(C)C)C(=O)NC2CCCCC2NC(=O)C(CC(C)C)NCc2ccc(cc2)CNC(CC(C)C)C(=O)NC2CCCCC2NC1=O. The molecule has 8 unspecified atom stereocenters. The van der Waals surface area contributed by atoms with Crippen LogP contribution in [0.3, 0.4) is 0 Å². The van der Waals surface area contributed by atoms with Gasteiger partial charge in [0, 0.05) is 50.3 Å². The van der Waals surface area contributed by atoms with E-state index < -0.39 is 0 Å². The molecule has 8 N–H and O–H groups in total. The Morgan fingerprint density at radius 2 is 0.547 bits per heavy atom. The molecule has 4 bridgehead atoms. The van der Waals surface area contributed by atoms with Crippen LogP contribution in [0.5, 0.6) is 0 Å². The molecule has 12 nitrogen and oxygen atoms in total. The quantitative estimate of drug-likeness (QED) is 0.149. The number of amides is 4. The third kappa shape index (κ3) is 16.9. The summed E-state index contributed by atoms with van der Waals surface area (Å²) in [5.41, 5.74) is 4.30. The van der Waals surface area contributed by atoms with E-state index >= 15 is 0 Å². The summed E-state index contributed by atoms with van der Waals surface area (Å²) < 4.78 is 0. The summed E-state index contributed by atoms with van der Waals surface area (Å²) in [7, 11) is 0. The lowest BCUT2D eigenvalue weighted by Gasteiger charge is -2.35. The minimum atomic E-state index is -0.375. The zero-order valence-corrected chi connectivity index (χ0v) is 40.5. The molecule has 4 heterocycles. The minimum Gasteiger partial charge on any atom is -0.350 e. The highest BCUT2D eigenvalue weighted by atomic mass is 16.2. The standard InChI is InChI=1S/C52H84N8O4/c1-33(2)25-45-49(61)57-41-13-9-10-14-42(41)58-50(62)46(26-34(3)4)55-31-39-21-23-40(24-22-39)32-56-48(28-36(7)8)52(64)60-44-16-12-11-15-43(44)59-51(63)47(27-35(5)6)54-30-38-19-17-37(18-20-38)29-53-45/h17-24,33-36,41-48,53-56H,9-16,25-32H2,1-8H3,(H,57,61)(H,58,62)(H,59,63)(H,60,64). The lowest BCUT2D eigenvalue weighted by Crippen LogP contribution is -2.59. The average molecular weight is 885 g/mol. The first-order valence-electron chi connectivity index (χ1n) is 24.9. The summed E-state index contributed by atoms with van der Waals surface area (Å²) >= 11 is 0. The Morgan fingerprint density at radius 3 is 0.719 bits per heavy atom. The fourth-order valence-corrected chi connectivity index (χ4v) is 9.62. The number of hydrogen-bond acceptors (Lipinski definition) is 8. The fourth-order valence-electron chi connectivity index (χ4n) is 9.62. The molecule has 0 spiro atoms. The Hall–Kier alpha value is -3.84. The van der Waals surface area contributed by atoms with Gasteiger partial charge < -0.3 is 42.5 Å². The Kier molecular flexibility index (Phi) is 20.6. The molecule has 8 atom stereocenters. The molecule has 0 saturated heterocycles. The van der Waals surface area contributed by atoms with Gasteiger partial charge in [0.1, 0.15) is 0 Å². The van der Waals surface area contributed by atoms with Crippen molar-refractivity contribution in [3.8, 4) is 0 Å². The molecule has 0 aromatic heterocycles. The zero-order valence-electron chi connectivity index (χ0n) is 40.5. The molecule has 356 valence electrons. The second-order valence-electron chi connectivity index (χ2n) is 20.9. The molecule has 2 saturated carbocycles. The van der Waals surface area contributed by atoms with Crippen molar-refractivity contribution in [2.45, 2.75) is 207 Å². The van der Waals surface area contributed by atoms with Crippen molar-refractivity contribution < 1.29 is 19.2 Å². The monoisotopic (exact) mass is 885 g/mol. The van der Waals surface area contributed by atoms with Crippen molar-refractivity contribution in [3.05, 3.63) is 70.8 Å². The molecule has 2 fully saturated rings. The number of rotatable bonds is 8. The van der Waals surface area contributed by atoms with E-state index in [2.05, 4.69) is 146 Å². The van der Waals surface area contributed by atoms with Crippen LogP contribution in [0.4, 0.5) is 0 Å². The highest BCUT2D eigenvalue weighted by Crippen LogP contribution is 2.22. The van der Waals surface area contributed by atoms with E-state index in [0.717, 1.165) is 73.6 Å². The third-order valence-corrected chi connectivity index (χ3v) is 13.2. The van der Waals surface area contributed by atoms with Crippen molar-refractivity contribution in [1.29, 1.82) is 0 Å². The Labute approximate surface area is 385 Å². The molecule has 2 aliphatic carbocycles. The van der Waals surface area contributed by atoms with Gasteiger partial charge in [-0.2, -0.15) is 0 Å². The highest BCUT2D eigenvalue weighted by Gasteiger charge is 2.34. The minimum absolute atomic E-state index is 0.0194. The first-order chi connectivity index (χ1) is 30.6. The summed E-state index contributed by atoms with van der Waals surface area (Å²) in [4.78, 5) is 56.1. The normalized spacial score (nSPS) is 27.8. The zero-order chi connectivity index (χ0) is 46.2. The first-order valence-corrected chi connectivity index (χ1v) is 24.9. The lowest BCUT2D eigenvalue weighted by atomic mass is 9.89. The summed E-state index contributed by atoms with van der Waals surface area (Å²) in [6, 6.07) is 14.7. The molecule has 8 rings (SSSR count). The van der Waals surface area contributed by atoms with E-state index in [-0.39, 0.29) is 72.0 Å². The van der Waals surface area contributed by atoms with E-state index in [9.17, 15) is 19.2 Å². The Balaban J connectivity index is 1.37. The van der Waals surface area contributed by atoms with Crippen LogP contribution in [0.2, 0.25) is 0 Å². The van der Waals surface area contributed by atoms with Crippen molar-refractivity contribution in [2.75, 3.05) is 0 Å². The van der Waals surface area contributed by atoms with Gasteiger partial charge in [0.2, 0.25) is 23.6 Å². The maximum absolute atomic E-state index is 14.0. The molecular formula is C52H84N8O4. The Morgan fingerprint density at radius 1 is 0.359 bits per heavy atom. The highest BCUT2D eigenvalue weighted by molar-refractivity contribution is 5.84. The predicted octanol–water partition coefficient (Wildman–Crippen LogP) is 6.50. The van der Waals surface area contributed by atoms with E-state index in [1.807, 2.05) is 0 Å². The lowest BCUT2D eigenvalue weighted by molar-refractivity contribution is -0.127. The molecule has 64 heavy (non-hydrogen) atoms. The van der Waals surface area contributed by atoms with E-state index in [1.54, 1.807) is 0 Å². The van der Waals surface area contributed by atoms with Gasteiger partial charge in [-0.05, 0) is 97.3 Å². The van der Waals surface area contributed by atoms with Crippen LogP contribution >= 0.6 is 0 Å². The molecule has 12 heteroatoms. The first kappa shape index (κ1) is 51.1. The summed E-state index contributed by atoms with van der Waals surface area (Å²) in [6.45, 7) is 19.3.